The van der Waals surface area contributed by atoms with Crippen LogP contribution in [0.3, 0.4) is 0 Å². The number of carbonyl (C=O) groups excluding carboxylic acids is 1. The summed E-state index contributed by atoms with van der Waals surface area (Å²) in [6.07, 6.45) is 2.67. The van der Waals surface area contributed by atoms with E-state index in [0.717, 1.165) is 40.7 Å². The van der Waals surface area contributed by atoms with Gasteiger partial charge in [0.2, 0.25) is 0 Å². The van der Waals surface area contributed by atoms with Gasteiger partial charge in [-0.3, -0.25) is 4.79 Å². The quantitative estimate of drug-likeness (QED) is 0.657. The van der Waals surface area contributed by atoms with E-state index in [1.807, 2.05) is 48.1 Å². The van der Waals surface area contributed by atoms with E-state index in [1.165, 1.54) is 0 Å². The number of hydrogen-bond donors (Lipinski definition) is 0. The molecule has 126 valence electrons. The fourth-order valence-corrected chi connectivity index (χ4v) is 3.37. The SMILES string of the molecule is Cn1ccc2c1Cc1ccccc1N(C(=O)c1cc(F)cc(F)c1)C2. The highest BCUT2D eigenvalue weighted by Gasteiger charge is 2.26. The summed E-state index contributed by atoms with van der Waals surface area (Å²) in [6, 6.07) is 12.5. The van der Waals surface area contributed by atoms with Gasteiger partial charge in [0.05, 0.1) is 6.54 Å². The van der Waals surface area contributed by atoms with Gasteiger partial charge in [-0.05, 0) is 35.4 Å². The van der Waals surface area contributed by atoms with Crippen molar-refractivity contribution in [2.75, 3.05) is 4.90 Å². The number of para-hydroxylation sites is 1. The minimum absolute atomic E-state index is 0.00619. The van der Waals surface area contributed by atoms with E-state index in [-0.39, 0.29) is 5.56 Å². The van der Waals surface area contributed by atoms with Gasteiger partial charge in [-0.25, -0.2) is 8.78 Å². The third-order valence-electron chi connectivity index (χ3n) is 4.62. The maximum Gasteiger partial charge on any atom is 0.258 e. The van der Waals surface area contributed by atoms with Crippen molar-refractivity contribution in [1.82, 2.24) is 4.57 Å². The second-order valence-electron chi connectivity index (χ2n) is 6.25. The van der Waals surface area contributed by atoms with Crippen molar-refractivity contribution in [1.29, 1.82) is 0 Å². The number of anilines is 1. The van der Waals surface area contributed by atoms with Gasteiger partial charge in [-0.15, -0.1) is 0 Å². The molecule has 0 fully saturated rings. The van der Waals surface area contributed by atoms with Crippen LogP contribution in [-0.4, -0.2) is 10.5 Å². The van der Waals surface area contributed by atoms with Crippen molar-refractivity contribution in [2.24, 2.45) is 7.05 Å². The molecule has 0 spiro atoms. The summed E-state index contributed by atoms with van der Waals surface area (Å²) >= 11 is 0. The average Bonchev–Trinajstić information content (AvgIpc) is 2.83. The molecule has 5 heteroatoms. The van der Waals surface area contributed by atoms with Crippen LogP contribution in [0.4, 0.5) is 14.5 Å². The van der Waals surface area contributed by atoms with E-state index in [0.29, 0.717) is 13.0 Å². The fraction of sp³-hybridized carbons (Fsp3) is 0.150. The number of carbonyl (C=O) groups is 1. The summed E-state index contributed by atoms with van der Waals surface area (Å²) in [5, 5.41) is 0. The van der Waals surface area contributed by atoms with Crippen molar-refractivity contribution < 1.29 is 13.6 Å². The Hall–Kier alpha value is -2.95. The van der Waals surface area contributed by atoms with Crippen molar-refractivity contribution in [3.05, 3.63) is 88.7 Å². The number of rotatable bonds is 1. The van der Waals surface area contributed by atoms with Crippen LogP contribution in [0.1, 0.15) is 27.2 Å². The molecule has 1 aromatic heterocycles. The third-order valence-corrected chi connectivity index (χ3v) is 4.62. The summed E-state index contributed by atoms with van der Waals surface area (Å²) in [4.78, 5) is 14.6. The standard InChI is InChI=1S/C20H16F2N2O/c1-23-7-6-14-12-24(18-5-3-2-4-13(18)10-19(14)23)20(25)15-8-16(21)11-17(22)9-15/h2-9,11H,10,12H2,1H3. The van der Waals surface area contributed by atoms with Gasteiger partial charge < -0.3 is 9.47 Å². The number of amides is 1. The number of benzene rings is 2. The molecule has 0 aliphatic carbocycles. The lowest BCUT2D eigenvalue weighted by Crippen LogP contribution is -2.30. The fourth-order valence-electron chi connectivity index (χ4n) is 3.37. The molecule has 0 saturated carbocycles. The molecule has 0 bridgehead atoms. The molecule has 1 amide bonds. The zero-order chi connectivity index (χ0) is 17.6. The molecule has 3 aromatic rings. The van der Waals surface area contributed by atoms with Crippen molar-refractivity contribution in [2.45, 2.75) is 13.0 Å². The highest BCUT2D eigenvalue weighted by Crippen LogP contribution is 2.32. The molecule has 2 aromatic carbocycles. The molecule has 2 heterocycles. The van der Waals surface area contributed by atoms with Gasteiger partial charge in [0.15, 0.2) is 0 Å². The number of fused-ring (bicyclic) bond motifs is 2. The van der Waals surface area contributed by atoms with Crippen LogP contribution in [-0.2, 0) is 20.0 Å². The summed E-state index contributed by atoms with van der Waals surface area (Å²) in [6.45, 7) is 0.365. The molecular formula is C20H16F2N2O. The first-order valence-electron chi connectivity index (χ1n) is 8.02. The number of aryl methyl sites for hydroxylation is 1. The van der Waals surface area contributed by atoms with E-state index in [1.54, 1.807) is 4.90 Å². The van der Waals surface area contributed by atoms with Crippen LogP contribution >= 0.6 is 0 Å². The Morgan fingerprint density at radius 3 is 2.48 bits per heavy atom. The summed E-state index contributed by atoms with van der Waals surface area (Å²) in [7, 11) is 1.97. The topological polar surface area (TPSA) is 25.2 Å². The lowest BCUT2D eigenvalue weighted by atomic mass is 10.1. The van der Waals surface area contributed by atoms with Gasteiger partial charge in [-0.1, -0.05) is 18.2 Å². The Kier molecular flexibility index (Phi) is 3.64. The van der Waals surface area contributed by atoms with Crippen LogP contribution in [0, 0.1) is 11.6 Å². The molecule has 0 saturated heterocycles. The Morgan fingerprint density at radius 1 is 1.00 bits per heavy atom. The molecular weight excluding hydrogens is 322 g/mol. The van der Waals surface area contributed by atoms with Crippen LogP contribution in [0.25, 0.3) is 0 Å². The van der Waals surface area contributed by atoms with Crippen LogP contribution in [0.15, 0.2) is 54.7 Å². The predicted octanol–water partition coefficient (Wildman–Crippen LogP) is 4.05. The van der Waals surface area contributed by atoms with Crippen molar-refractivity contribution in [3.8, 4) is 0 Å². The second-order valence-corrected chi connectivity index (χ2v) is 6.25. The van der Waals surface area contributed by atoms with Gasteiger partial charge in [0, 0.05) is 42.7 Å². The number of halogens is 2. The smallest absolute Gasteiger partial charge is 0.258 e. The third kappa shape index (κ3) is 2.71. The normalized spacial score (nSPS) is 13.2. The Morgan fingerprint density at radius 2 is 1.72 bits per heavy atom. The highest BCUT2D eigenvalue weighted by molar-refractivity contribution is 6.06. The van der Waals surface area contributed by atoms with E-state index < -0.39 is 17.5 Å². The van der Waals surface area contributed by atoms with Gasteiger partial charge in [0.25, 0.3) is 5.91 Å². The molecule has 3 nitrogen and oxygen atoms in total. The predicted molar refractivity (Wildman–Crippen MR) is 91.5 cm³/mol. The van der Waals surface area contributed by atoms with E-state index in [9.17, 15) is 13.6 Å². The Bertz CT molecular complexity index is 957. The molecule has 1 aliphatic heterocycles. The maximum atomic E-state index is 13.6. The largest absolute Gasteiger partial charge is 0.354 e. The van der Waals surface area contributed by atoms with E-state index >= 15 is 0 Å². The molecule has 0 unspecified atom stereocenters. The number of aromatic nitrogens is 1. The van der Waals surface area contributed by atoms with Gasteiger partial charge >= 0.3 is 0 Å². The minimum atomic E-state index is -0.758. The van der Waals surface area contributed by atoms with E-state index in [4.69, 9.17) is 0 Å². The first kappa shape index (κ1) is 15.6. The van der Waals surface area contributed by atoms with Crippen LogP contribution in [0.5, 0.6) is 0 Å². The van der Waals surface area contributed by atoms with E-state index in [2.05, 4.69) is 0 Å². The van der Waals surface area contributed by atoms with Crippen molar-refractivity contribution in [3.63, 3.8) is 0 Å². The monoisotopic (exact) mass is 338 g/mol. The summed E-state index contributed by atoms with van der Waals surface area (Å²) < 4.78 is 29.2. The molecule has 4 rings (SSSR count). The highest BCUT2D eigenvalue weighted by atomic mass is 19.1. The Balaban J connectivity index is 1.84. The molecule has 0 atom stereocenters. The zero-order valence-electron chi connectivity index (χ0n) is 13.7. The lowest BCUT2D eigenvalue weighted by molar-refractivity contribution is 0.0984. The zero-order valence-corrected chi connectivity index (χ0v) is 13.7. The maximum absolute atomic E-state index is 13.6. The van der Waals surface area contributed by atoms with Gasteiger partial charge in [0.1, 0.15) is 11.6 Å². The summed E-state index contributed by atoms with van der Waals surface area (Å²) in [5.74, 6) is -1.93. The number of nitrogens with zero attached hydrogens (tertiary/aromatic N) is 2. The lowest BCUT2D eigenvalue weighted by Gasteiger charge is -2.23. The van der Waals surface area contributed by atoms with Crippen LogP contribution < -0.4 is 4.90 Å². The Labute approximate surface area is 144 Å². The van der Waals surface area contributed by atoms with Crippen molar-refractivity contribution >= 4 is 11.6 Å². The minimum Gasteiger partial charge on any atom is -0.354 e. The first-order valence-corrected chi connectivity index (χ1v) is 8.02. The average molecular weight is 338 g/mol. The number of hydrogen-bond acceptors (Lipinski definition) is 1. The van der Waals surface area contributed by atoms with Crippen LogP contribution in [0.2, 0.25) is 0 Å². The molecule has 0 radical (unpaired) electrons. The second kappa shape index (κ2) is 5.84. The molecule has 25 heavy (non-hydrogen) atoms. The molecule has 0 N–H and O–H groups in total. The first-order chi connectivity index (χ1) is 12.0. The van der Waals surface area contributed by atoms with Gasteiger partial charge in [-0.2, -0.15) is 0 Å². The summed E-state index contributed by atoms with van der Waals surface area (Å²) in [5.41, 5.74) is 3.95. The molecule has 1 aliphatic rings.